The quantitative estimate of drug-likeness (QED) is 0.729. The Labute approximate surface area is 129 Å². The second kappa shape index (κ2) is 6.68. The molecule has 0 fully saturated rings. The molecule has 0 radical (unpaired) electrons. The van der Waals surface area contributed by atoms with Gasteiger partial charge in [0.1, 0.15) is 6.07 Å². The van der Waals surface area contributed by atoms with E-state index < -0.39 is 0 Å². The van der Waals surface area contributed by atoms with E-state index in [2.05, 4.69) is 45.8 Å². The predicted octanol–water partition coefficient (Wildman–Crippen LogP) is 3.55. The number of rotatable bonds is 5. The SMILES string of the molecule is N#Cc1nnc2ccccc2c1NCCCc1ccccc1. The molecule has 1 heterocycles. The smallest absolute Gasteiger partial charge is 0.186 e. The van der Waals surface area contributed by atoms with Crippen LogP contribution in [0.4, 0.5) is 5.69 Å². The van der Waals surface area contributed by atoms with Crippen molar-refractivity contribution in [2.24, 2.45) is 0 Å². The lowest BCUT2D eigenvalue weighted by atomic mass is 10.1. The Morgan fingerprint density at radius 1 is 0.955 bits per heavy atom. The van der Waals surface area contributed by atoms with E-state index in [0.717, 1.165) is 36.0 Å². The summed E-state index contributed by atoms with van der Waals surface area (Å²) in [5.74, 6) is 0. The molecular formula is C18H16N4. The molecule has 108 valence electrons. The van der Waals surface area contributed by atoms with Crippen LogP contribution in [0.25, 0.3) is 10.9 Å². The average Bonchev–Trinajstić information content (AvgIpc) is 2.59. The lowest BCUT2D eigenvalue weighted by Gasteiger charge is -2.10. The van der Waals surface area contributed by atoms with Crippen LogP contribution in [0.5, 0.6) is 0 Å². The summed E-state index contributed by atoms with van der Waals surface area (Å²) in [6.07, 6.45) is 2.00. The van der Waals surface area contributed by atoms with Gasteiger partial charge in [0.05, 0.1) is 11.2 Å². The first kappa shape index (κ1) is 14.0. The zero-order valence-corrected chi connectivity index (χ0v) is 12.2. The van der Waals surface area contributed by atoms with Crippen molar-refractivity contribution in [1.82, 2.24) is 10.2 Å². The highest BCUT2D eigenvalue weighted by Gasteiger charge is 2.09. The first-order valence-corrected chi connectivity index (χ1v) is 7.32. The van der Waals surface area contributed by atoms with E-state index in [1.165, 1.54) is 5.56 Å². The minimum atomic E-state index is 0.346. The van der Waals surface area contributed by atoms with Crippen LogP contribution in [0.3, 0.4) is 0 Å². The van der Waals surface area contributed by atoms with Crippen molar-refractivity contribution in [3.63, 3.8) is 0 Å². The third-order valence-corrected chi connectivity index (χ3v) is 3.56. The van der Waals surface area contributed by atoms with Gasteiger partial charge in [-0.25, -0.2) is 0 Å². The van der Waals surface area contributed by atoms with E-state index in [1.807, 2.05) is 30.3 Å². The normalized spacial score (nSPS) is 10.3. The molecule has 1 N–H and O–H groups in total. The van der Waals surface area contributed by atoms with Gasteiger partial charge in [-0.05, 0) is 24.5 Å². The Balaban J connectivity index is 1.72. The number of nitriles is 1. The highest BCUT2D eigenvalue weighted by Crippen LogP contribution is 2.23. The van der Waals surface area contributed by atoms with E-state index in [1.54, 1.807) is 0 Å². The molecular weight excluding hydrogens is 272 g/mol. The maximum atomic E-state index is 9.22. The van der Waals surface area contributed by atoms with Gasteiger partial charge in [0, 0.05) is 11.9 Å². The first-order valence-electron chi connectivity index (χ1n) is 7.32. The van der Waals surface area contributed by atoms with Gasteiger partial charge in [0.2, 0.25) is 0 Å². The molecule has 4 heteroatoms. The van der Waals surface area contributed by atoms with Crippen molar-refractivity contribution >= 4 is 16.6 Å². The van der Waals surface area contributed by atoms with E-state index in [4.69, 9.17) is 0 Å². The van der Waals surface area contributed by atoms with Gasteiger partial charge >= 0.3 is 0 Å². The molecule has 0 aliphatic carbocycles. The summed E-state index contributed by atoms with van der Waals surface area (Å²) in [4.78, 5) is 0. The van der Waals surface area contributed by atoms with Crippen LogP contribution in [0.15, 0.2) is 54.6 Å². The zero-order valence-electron chi connectivity index (χ0n) is 12.2. The highest BCUT2D eigenvalue weighted by atomic mass is 15.1. The Kier molecular flexibility index (Phi) is 4.26. The second-order valence-corrected chi connectivity index (χ2v) is 5.07. The molecule has 0 atom stereocenters. The number of nitrogens with zero attached hydrogens (tertiary/aromatic N) is 3. The van der Waals surface area contributed by atoms with Crippen LogP contribution >= 0.6 is 0 Å². The number of benzene rings is 2. The Morgan fingerprint density at radius 2 is 1.73 bits per heavy atom. The van der Waals surface area contributed by atoms with Crippen molar-refractivity contribution in [3.8, 4) is 6.07 Å². The van der Waals surface area contributed by atoms with Crippen molar-refractivity contribution in [2.75, 3.05) is 11.9 Å². The maximum Gasteiger partial charge on any atom is 0.186 e. The van der Waals surface area contributed by atoms with Gasteiger partial charge in [-0.2, -0.15) is 5.26 Å². The summed E-state index contributed by atoms with van der Waals surface area (Å²) in [5.41, 5.74) is 3.24. The Hall–Kier alpha value is -2.93. The predicted molar refractivity (Wildman–Crippen MR) is 87.5 cm³/mol. The molecule has 0 unspecified atom stereocenters. The molecule has 0 bridgehead atoms. The topological polar surface area (TPSA) is 61.6 Å². The van der Waals surface area contributed by atoms with Gasteiger partial charge < -0.3 is 5.32 Å². The van der Waals surface area contributed by atoms with Crippen LogP contribution in [-0.4, -0.2) is 16.7 Å². The number of hydrogen-bond donors (Lipinski definition) is 1. The van der Waals surface area contributed by atoms with Crippen molar-refractivity contribution < 1.29 is 0 Å². The fourth-order valence-electron chi connectivity index (χ4n) is 2.46. The summed E-state index contributed by atoms with van der Waals surface area (Å²) in [7, 11) is 0. The molecule has 0 aliphatic heterocycles. The lowest BCUT2D eigenvalue weighted by molar-refractivity contribution is 0.861. The molecule has 0 saturated carbocycles. The van der Waals surface area contributed by atoms with E-state index in [0.29, 0.717) is 5.69 Å². The summed E-state index contributed by atoms with van der Waals surface area (Å²) >= 11 is 0. The largest absolute Gasteiger partial charge is 0.382 e. The summed E-state index contributed by atoms with van der Waals surface area (Å²) in [5, 5.41) is 21.6. The third-order valence-electron chi connectivity index (χ3n) is 3.56. The fourth-order valence-corrected chi connectivity index (χ4v) is 2.46. The van der Waals surface area contributed by atoms with E-state index in [9.17, 15) is 5.26 Å². The molecule has 0 amide bonds. The van der Waals surface area contributed by atoms with Crippen LogP contribution < -0.4 is 5.32 Å². The van der Waals surface area contributed by atoms with Gasteiger partial charge in [-0.15, -0.1) is 10.2 Å². The molecule has 0 saturated heterocycles. The number of anilines is 1. The average molecular weight is 288 g/mol. The lowest BCUT2D eigenvalue weighted by Crippen LogP contribution is -2.07. The molecule has 1 aromatic heterocycles. The Morgan fingerprint density at radius 3 is 2.55 bits per heavy atom. The van der Waals surface area contributed by atoms with Crippen LogP contribution in [0.2, 0.25) is 0 Å². The molecule has 2 aromatic carbocycles. The third kappa shape index (κ3) is 3.04. The number of aryl methyl sites for hydroxylation is 1. The fraction of sp³-hybridized carbons (Fsp3) is 0.167. The standard InChI is InChI=1S/C18H16N4/c19-13-17-18(15-10-4-5-11-16(15)21-22-17)20-12-6-9-14-7-2-1-3-8-14/h1-5,7-8,10-11H,6,9,12H2,(H,20,21). The molecule has 4 nitrogen and oxygen atoms in total. The minimum Gasteiger partial charge on any atom is -0.382 e. The van der Waals surface area contributed by atoms with Crippen LogP contribution in [0.1, 0.15) is 17.7 Å². The summed E-state index contributed by atoms with van der Waals surface area (Å²) in [6.45, 7) is 0.791. The molecule has 22 heavy (non-hydrogen) atoms. The van der Waals surface area contributed by atoms with Crippen LogP contribution in [0, 0.1) is 11.3 Å². The highest BCUT2D eigenvalue weighted by molar-refractivity contribution is 5.92. The summed E-state index contributed by atoms with van der Waals surface area (Å²) < 4.78 is 0. The van der Waals surface area contributed by atoms with Crippen molar-refractivity contribution in [3.05, 3.63) is 65.9 Å². The van der Waals surface area contributed by atoms with Crippen molar-refractivity contribution in [1.29, 1.82) is 5.26 Å². The molecule has 0 aliphatic rings. The molecule has 0 spiro atoms. The molecule has 3 aromatic rings. The number of nitrogens with one attached hydrogen (secondary N) is 1. The van der Waals surface area contributed by atoms with E-state index in [-0.39, 0.29) is 0 Å². The first-order chi connectivity index (χ1) is 10.9. The van der Waals surface area contributed by atoms with Gasteiger partial charge in [0.25, 0.3) is 0 Å². The monoisotopic (exact) mass is 288 g/mol. The summed E-state index contributed by atoms with van der Waals surface area (Å²) in [6, 6.07) is 20.2. The maximum absolute atomic E-state index is 9.22. The van der Waals surface area contributed by atoms with Crippen molar-refractivity contribution in [2.45, 2.75) is 12.8 Å². The van der Waals surface area contributed by atoms with Crippen LogP contribution in [-0.2, 0) is 6.42 Å². The minimum absolute atomic E-state index is 0.346. The number of aromatic nitrogens is 2. The number of hydrogen-bond acceptors (Lipinski definition) is 4. The Bertz CT molecular complexity index is 806. The van der Waals surface area contributed by atoms with Gasteiger partial charge in [-0.1, -0.05) is 48.5 Å². The second-order valence-electron chi connectivity index (χ2n) is 5.07. The zero-order chi connectivity index (χ0) is 15.2. The van der Waals surface area contributed by atoms with Gasteiger partial charge in [-0.3, -0.25) is 0 Å². The van der Waals surface area contributed by atoms with E-state index >= 15 is 0 Å². The van der Waals surface area contributed by atoms with Gasteiger partial charge in [0.15, 0.2) is 5.69 Å². The number of fused-ring (bicyclic) bond motifs is 1. The molecule has 3 rings (SSSR count).